The Bertz CT molecular complexity index is 9570. The number of para-hydroxylation sites is 2. The third kappa shape index (κ3) is 14.6. The van der Waals surface area contributed by atoms with Gasteiger partial charge in [-0.25, -0.2) is 0 Å². The van der Waals surface area contributed by atoms with Crippen LogP contribution in [-0.4, -0.2) is 0 Å². The van der Waals surface area contributed by atoms with Crippen molar-refractivity contribution in [3.8, 4) is 33.4 Å². The van der Waals surface area contributed by atoms with Gasteiger partial charge in [-0.3, -0.25) is 0 Å². The molecule has 680 valence electrons. The van der Waals surface area contributed by atoms with E-state index in [9.17, 15) is 0 Å². The number of fused-ring (bicyclic) bond motifs is 9. The zero-order valence-electron chi connectivity index (χ0n) is 80.1. The first-order chi connectivity index (χ1) is 70.1. The van der Waals surface area contributed by atoms with Gasteiger partial charge in [0.1, 0.15) is 0 Å². The van der Waals surface area contributed by atoms with Crippen molar-refractivity contribution in [1.82, 2.24) is 0 Å². The molecule has 0 aliphatic heterocycles. The third-order valence-electron chi connectivity index (χ3n) is 31.3. The highest BCUT2D eigenvalue weighted by molar-refractivity contribution is 7.27. The largest absolute Gasteiger partial charge is 0.310 e. The molecule has 2 aliphatic carbocycles. The summed E-state index contributed by atoms with van der Waals surface area (Å²) >= 11 is 5.68. The second-order valence-electron chi connectivity index (χ2n) is 39.9. The highest BCUT2D eigenvalue weighted by atomic mass is 32.1. The van der Waals surface area contributed by atoms with Crippen LogP contribution in [0.4, 0.5) is 51.2 Å². The van der Waals surface area contributed by atoms with Crippen LogP contribution in [0.25, 0.3) is 191 Å². The molecule has 3 heterocycles. The average molecular weight is 1880 g/mol. The Morgan fingerprint density at radius 3 is 1.05 bits per heavy atom. The van der Waals surface area contributed by atoms with Gasteiger partial charge < -0.3 is 14.7 Å². The fourth-order valence-electron chi connectivity index (χ4n) is 24.8. The molecule has 0 N–H and O–H groups in total. The zero-order chi connectivity index (χ0) is 94.3. The molecule has 0 atom stereocenters. The highest BCUT2D eigenvalue weighted by Gasteiger charge is 2.31. The number of hydrogen-bond acceptors (Lipinski definition) is 6. The van der Waals surface area contributed by atoms with Gasteiger partial charge in [-0.05, 0) is 322 Å². The van der Waals surface area contributed by atoms with E-state index in [4.69, 9.17) is 0 Å². The highest BCUT2D eigenvalue weighted by Crippen LogP contribution is 2.55. The molecule has 0 unspecified atom stereocenters. The molecule has 3 nitrogen and oxygen atoms in total. The summed E-state index contributed by atoms with van der Waals surface area (Å²) < 4.78 is 8.04. The minimum atomic E-state index is 0.578. The Morgan fingerprint density at radius 2 is 0.535 bits per heavy atom. The number of thiophene rings is 3. The summed E-state index contributed by atoms with van der Waals surface area (Å²) in [7, 11) is 0. The van der Waals surface area contributed by atoms with Crippen LogP contribution in [-0.2, 0) is 0 Å². The van der Waals surface area contributed by atoms with Crippen LogP contribution in [0.1, 0.15) is 109 Å². The zero-order valence-corrected chi connectivity index (χ0v) is 82.6. The summed E-state index contributed by atoms with van der Waals surface area (Å²) in [6.45, 7) is 8.86. The first-order valence-corrected chi connectivity index (χ1v) is 53.2. The predicted octanol–water partition coefficient (Wildman–Crippen LogP) is 41.6. The van der Waals surface area contributed by atoms with Crippen molar-refractivity contribution in [2.75, 3.05) is 14.7 Å². The predicted molar refractivity (Wildman–Crippen MR) is 620 cm³/mol. The van der Waals surface area contributed by atoms with Gasteiger partial charge in [-0.2, -0.15) is 0 Å². The van der Waals surface area contributed by atoms with Crippen molar-refractivity contribution in [3.63, 3.8) is 0 Å². The van der Waals surface area contributed by atoms with E-state index < -0.39 is 0 Å². The van der Waals surface area contributed by atoms with E-state index in [1.54, 1.807) is 11.1 Å². The minimum Gasteiger partial charge on any atom is -0.310 e. The summed E-state index contributed by atoms with van der Waals surface area (Å²) in [6, 6.07) is 157. The molecule has 2 saturated carbocycles. The van der Waals surface area contributed by atoms with Crippen LogP contribution < -0.4 is 14.7 Å². The van der Waals surface area contributed by atoms with Gasteiger partial charge >= 0.3 is 0 Å². The Hall–Kier alpha value is -15.5. The monoisotopic (exact) mass is 1870 g/mol. The molecule has 2 fully saturated rings. The van der Waals surface area contributed by atoms with Crippen LogP contribution in [0.5, 0.6) is 0 Å². The van der Waals surface area contributed by atoms with E-state index in [1.165, 1.54) is 311 Å². The van der Waals surface area contributed by atoms with Gasteiger partial charge in [0.2, 0.25) is 0 Å². The van der Waals surface area contributed by atoms with Crippen LogP contribution in [0.3, 0.4) is 0 Å². The molecule has 24 aromatic carbocycles. The van der Waals surface area contributed by atoms with E-state index >= 15 is 0 Å². The van der Waals surface area contributed by atoms with Crippen molar-refractivity contribution in [3.05, 3.63) is 452 Å². The lowest BCUT2D eigenvalue weighted by Crippen LogP contribution is -2.13. The second-order valence-corrected chi connectivity index (χ2v) is 43.0. The Morgan fingerprint density at radius 1 is 0.197 bits per heavy atom. The molecule has 3 aromatic heterocycles. The summed E-state index contributed by atoms with van der Waals surface area (Å²) in [6.07, 6.45) is 13.3. The van der Waals surface area contributed by atoms with Gasteiger partial charge in [0.25, 0.3) is 0 Å². The van der Waals surface area contributed by atoms with Crippen molar-refractivity contribution < 1.29 is 0 Å². The normalized spacial score (nSPS) is 13.4. The summed E-state index contributed by atoms with van der Waals surface area (Å²) in [5.74, 6) is 1.24. The quantitative estimate of drug-likeness (QED) is 0.100. The van der Waals surface area contributed by atoms with E-state index in [-0.39, 0.29) is 0 Å². The van der Waals surface area contributed by atoms with Crippen LogP contribution >= 0.6 is 34.0 Å². The first kappa shape index (κ1) is 85.6. The number of aryl methyl sites for hydroxylation is 4. The fourth-order valence-corrected chi connectivity index (χ4v) is 28.5. The Balaban J connectivity index is 0.000000107. The number of anilines is 9. The van der Waals surface area contributed by atoms with Gasteiger partial charge in [0, 0.05) is 111 Å². The van der Waals surface area contributed by atoms with Crippen molar-refractivity contribution >= 4 is 243 Å². The van der Waals surface area contributed by atoms with E-state index in [0.717, 1.165) is 17.1 Å². The lowest BCUT2D eigenvalue weighted by Gasteiger charge is -2.31. The summed E-state index contributed by atoms with van der Waals surface area (Å²) in [4.78, 5) is 7.47. The lowest BCUT2D eigenvalue weighted by molar-refractivity contribution is 0.445. The van der Waals surface area contributed by atoms with Crippen LogP contribution in [0.15, 0.2) is 419 Å². The van der Waals surface area contributed by atoms with Gasteiger partial charge in [0.05, 0.1) is 17.1 Å². The van der Waals surface area contributed by atoms with Crippen molar-refractivity contribution in [2.45, 2.75) is 104 Å². The smallest absolute Gasteiger partial charge is 0.0543 e. The number of benzene rings is 24. The molecule has 0 radical (unpaired) electrons. The average Bonchev–Trinajstić information content (AvgIpc) is 1.14. The fraction of sp³-hybridized carbons (Fsp3) is 0.118. The number of hydrogen-bond donors (Lipinski definition) is 0. The van der Waals surface area contributed by atoms with E-state index in [0.29, 0.717) is 11.8 Å². The topological polar surface area (TPSA) is 9.72 Å². The maximum absolute atomic E-state index is 2.60. The molecule has 0 bridgehead atoms. The molecule has 27 aromatic rings. The van der Waals surface area contributed by atoms with Crippen molar-refractivity contribution in [1.29, 1.82) is 0 Å². The molecule has 6 heteroatoms. The second kappa shape index (κ2) is 35.4. The molecular weight excluding hydrogens is 1770 g/mol. The molecule has 29 rings (SSSR count). The van der Waals surface area contributed by atoms with E-state index in [1.807, 2.05) is 34.0 Å². The van der Waals surface area contributed by atoms with Crippen LogP contribution in [0.2, 0.25) is 0 Å². The molecule has 0 saturated heterocycles. The van der Waals surface area contributed by atoms with Crippen molar-refractivity contribution in [2.24, 2.45) is 0 Å². The maximum atomic E-state index is 2.60. The standard InChI is InChI=1S/C52H45NS.2C42H29NS/c1-4-14-34(15-5-1)40-28-26-36-27-29-44-47(35-16-6-2-7-17-35)33-48(46-31-30-43(40)50(36)51(44)46)53(38-19-8-3-9-20-38)39-21-12-18-37(32-39)41-23-13-24-45-42-22-10-11-25-49(42)54-52(41)45;1-26-22-27(2)24-33(23-26)43(38-21-19-30-17-16-28-8-5-9-29-18-20-37(38)41(30)40(28)29)32-11-6-10-31(25-32)34-13-7-14-36-35-12-3-4-15-39(35)44-42(34)36;1-26-18-19-28-20-21-33-27(2)24-38(37-23-22-32(26)40(28)41(33)37)43(30-11-4-3-5-12-30)31-13-8-10-29(25-31)34-15-9-16-36-35-14-6-7-17-39(35)44-42(34)36/h3,8-13,18-35H,1-2,4-7,14-17H2;2*3-25H,1-2H3. The number of rotatable bonds is 14. The maximum Gasteiger partial charge on any atom is 0.0543 e. The molecular formula is C136H103N3S3. The molecule has 2 aliphatic rings. The summed E-state index contributed by atoms with van der Waals surface area (Å²) in [5, 5.41) is 32.4. The SMILES string of the molecule is Cc1cc(C)cc(N(c2cccc(-c3cccc4c3sc3ccccc34)c2)c2ccc3ccc4cccc5ccc2c3c45)c1.Cc1ccc2ccc3c(C)cc(N(c4ccccc4)c4cccc(-c5cccc6c5sc5ccccc56)c4)c4ccc1c2c34.c1ccc(N(c2cccc(-c3cccc4c3sc3ccccc34)c2)c2cc(C3CCCCC3)c3ccc4ccc(C5CCCCC5)c5ccc2c3c45)cc1. The lowest BCUT2D eigenvalue weighted by atomic mass is 9.78. The molecule has 0 spiro atoms. The minimum absolute atomic E-state index is 0.578. The Kier molecular flexibility index (Phi) is 21.3. The molecule has 142 heavy (non-hydrogen) atoms. The molecule has 0 amide bonds. The van der Waals surface area contributed by atoms with Gasteiger partial charge in [-0.1, -0.05) is 348 Å². The van der Waals surface area contributed by atoms with Gasteiger partial charge in [0.15, 0.2) is 0 Å². The first-order valence-electron chi connectivity index (χ1n) is 50.8. The summed E-state index contributed by atoms with van der Waals surface area (Å²) in [5.41, 5.74) is 26.5. The van der Waals surface area contributed by atoms with E-state index in [2.05, 4.69) is 461 Å². The Labute approximate surface area is 839 Å². The third-order valence-corrected chi connectivity index (χ3v) is 34.9. The van der Waals surface area contributed by atoms with Gasteiger partial charge in [-0.15, -0.1) is 34.0 Å². The van der Waals surface area contributed by atoms with Crippen LogP contribution in [0, 0.1) is 27.7 Å². The number of nitrogens with zero attached hydrogens (tertiary/aromatic N) is 3.